The maximum atomic E-state index is 12.5. The Kier molecular flexibility index (Phi) is 17.6. The van der Waals surface area contributed by atoms with Gasteiger partial charge in [-0.2, -0.15) is 0 Å². The van der Waals surface area contributed by atoms with Crippen molar-refractivity contribution >= 4 is 29.3 Å². The summed E-state index contributed by atoms with van der Waals surface area (Å²) in [6, 6.07) is 18.6. The Bertz CT molecular complexity index is 889. The van der Waals surface area contributed by atoms with Crippen LogP contribution >= 0.6 is 11.8 Å². The van der Waals surface area contributed by atoms with E-state index in [0.29, 0.717) is 19.1 Å². The molecule has 1 aliphatic carbocycles. The Hall–Kier alpha value is -0.934. The van der Waals surface area contributed by atoms with E-state index in [9.17, 15) is 4.79 Å². The summed E-state index contributed by atoms with van der Waals surface area (Å²) < 4.78 is 11.1. The van der Waals surface area contributed by atoms with E-state index in [1.807, 2.05) is 49.0 Å². The predicted octanol–water partition coefficient (Wildman–Crippen LogP) is 2.28. The van der Waals surface area contributed by atoms with Gasteiger partial charge in [0.05, 0.1) is 18.8 Å². The number of carboxylic acids is 1. The number of esters is 1. The average Bonchev–Trinajstić information content (AvgIpc) is 3.34. The minimum Gasteiger partial charge on any atom is -0.550 e. The van der Waals surface area contributed by atoms with Gasteiger partial charge in [0.1, 0.15) is 0 Å². The Morgan fingerprint density at radius 2 is 1.69 bits per heavy atom. The van der Waals surface area contributed by atoms with Crippen molar-refractivity contribution in [1.82, 2.24) is 0 Å². The van der Waals surface area contributed by atoms with Crippen molar-refractivity contribution in [3.05, 3.63) is 71.8 Å². The van der Waals surface area contributed by atoms with E-state index in [4.69, 9.17) is 19.4 Å². The summed E-state index contributed by atoms with van der Waals surface area (Å²) in [6.45, 7) is 4.66. The molecule has 0 amide bonds. The number of carbonyl (C=O) groups excluding carboxylic acids is 2. The van der Waals surface area contributed by atoms with Gasteiger partial charge in [0.25, 0.3) is 0 Å². The van der Waals surface area contributed by atoms with Crippen molar-refractivity contribution < 1.29 is 75.6 Å². The standard InChI is InChI=1S/C26H32O3S.C2H4O2.K/c1-2-29-26(27)25(19-21-9-6-7-10-21)23-13-15-24(16-14-23)30-18-8-17-28-20-22-11-4-3-5-12-22;1-2(3)4;/h3-5,11-16,19,21H,2,6-10,17-18,20H2,1H3;1H3,(H,3,4);/q;;+1/p-1/b25-19+;;. The summed E-state index contributed by atoms with van der Waals surface area (Å²) in [4.78, 5) is 22.6. The van der Waals surface area contributed by atoms with Gasteiger partial charge in [0.2, 0.25) is 0 Å². The molecule has 0 unspecified atom stereocenters. The summed E-state index contributed by atoms with van der Waals surface area (Å²) in [5.41, 5.74) is 2.88. The van der Waals surface area contributed by atoms with E-state index in [1.165, 1.54) is 36.1 Å². The number of ether oxygens (including phenoxy) is 2. The molecule has 5 nitrogen and oxygen atoms in total. The maximum Gasteiger partial charge on any atom is 1.00 e. The quantitative estimate of drug-likeness (QED) is 0.148. The summed E-state index contributed by atoms with van der Waals surface area (Å²) >= 11 is 1.82. The van der Waals surface area contributed by atoms with Crippen LogP contribution in [0.1, 0.15) is 57.1 Å². The Balaban J connectivity index is 0.00000114. The zero-order valence-electron chi connectivity index (χ0n) is 21.2. The van der Waals surface area contributed by atoms with Crippen LogP contribution in [0.4, 0.5) is 0 Å². The van der Waals surface area contributed by atoms with Crippen LogP contribution in [0.15, 0.2) is 65.6 Å². The van der Waals surface area contributed by atoms with Crippen molar-refractivity contribution in [3.63, 3.8) is 0 Å². The molecule has 0 radical (unpaired) electrons. The van der Waals surface area contributed by atoms with Crippen molar-refractivity contribution in [3.8, 4) is 0 Å². The van der Waals surface area contributed by atoms with Crippen LogP contribution in [0.2, 0.25) is 0 Å². The Morgan fingerprint density at radius 1 is 1.06 bits per heavy atom. The molecule has 0 spiro atoms. The molecule has 0 N–H and O–H groups in total. The number of carboxylic acid groups (broad SMARTS) is 1. The number of allylic oxidation sites excluding steroid dienone is 1. The second kappa shape index (κ2) is 19.2. The molecule has 0 aromatic heterocycles. The third kappa shape index (κ3) is 13.8. The molecule has 2 aromatic rings. The zero-order valence-corrected chi connectivity index (χ0v) is 25.1. The third-order valence-electron chi connectivity index (χ3n) is 5.28. The number of benzene rings is 2. The first-order valence-electron chi connectivity index (χ1n) is 11.9. The predicted molar refractivity (Wildman–Crippen MR) is 135 cm³/mol. The molecule has 2 aromatic carbocycles. The fourth-order valence-electron chi connectivity index (χ4n) is 3.70. The topological polar surface area (TPSA) is 75.7 Å². The summed E-state index contributed by atoms with van der Waals surface area (Å²) in [7, 11) is 0. The van der Waals surface area contributed by atoms with Crippen LogP contribution in [0.5, 0.6) is 0 Å². The second-order valence-corrected chi connectivity index (χ2v) is 9.27. The van der Waals surface area contributed by atoms with Crippen molar-refractivity contribution in [1.29, 1.82) is 0 Å². The molecule has 1 fully saturated rings. The van der Waals surface area contributed by atoms with Crippen molar-refractivity contribution in [2.45, 2.75) is 57.5 Å². The summed E-state index contributed by atoms with van der Waals surface area (Å²) in [5, 5.41) is 8.89. The van der Waals surface area contributed by atoms with Crippen LogP contribution in [-0.2, 0) is 25.7 Å². The van der Waals surface area contributed by atoms with Crippen LogP contribution in [0.25, 0.3) is 5.57 Å². The van der Waals surface area contributed by atoms with Crippen LogP contribution in [0.3, 0.4) is 0 Å². The van der Waals surface area contributed by atoms with Crippen LogP contribution in [0, 0.1) is 5.92 Å². The number of hydrogen-bond acceptors (Lipinski definition) is 6. The summed E-state index contributed by atoms with van der Waals surface area (Å²) in [5.74, 6) is 0.214. The first kappa shape index (κ1) is 32.1. The van der Waals surface area contributed by atoms with Crippen LogP contribution in [-0.4, -0.2) is 30.9 Å². The number of rotatable bonds is 11. The van der Waals surface area contributed by atoms with E-state index < -0.39 is 5.97 Å². The fourth-order valence-corrected chi connectivity index (χ4v) is 4.52. The van der Waals surface area contributed by atoms with Gasteiger partial charge >= 0.3 is 57.4 Å². The van der Waals surface area contributed by atoms with Gasteiger partial charge in [-0.3, -0.25) is 0 Å². The SMILES string of the molecule is CC(=O)[O-].CCOC(=O)/C(=C/C1CCCC1)c1ccc(SCCCOCc2ccccc2)cc1.[K+]. The molecule has 1 aliphatic rings. The van der Waals surface area contributed by atoms with E-state index in [1.54, 1.807) is 0 Å². The minimum atomic E-state index is -1.08. The van der Waals surface area contributed by atoms with Crippen LogP contribution < -0.4 is 56.5 Å². The second-order valence-electron chi connectivity index (χ2n) is 8.10. The largest absolute Gasteiger partial charge is 1.00 e. The molecule has 35 heavy (non-hydrogen) atoms. The van der Waals surface area contributed by atoms with E-state index in [2.05, 4.69) is 30.3 Å². The molecular weight excluding hydrogens is 487 g/mol. The molecule has 1 saturated carbocycles. The van der Waals surface area contributed by atoms with Gasteiger partial charge < -0.3 is 19.4 Å². The smallest absolute Gasteiger partial charge is 0.550 e. The summed E-state index contributed by atoms with van der Waals surface area (Å²) in [6.07, 6.45) is 7.99. The maximum absolute atomic E-state index is 12.5. The molecule has 0 heterocycles. The first-order chi connectivity index (χ1) is 16.5. The van der Waals surface area contributed by atoms with Gasteiger partial charge in [-0.15, -0.1) is 11.8 Å². The molecule has 0 atom stereocenters. The number of aliphatic carboxylic acids is 1. The molecular formula is C28H35KO5S. The number of thioether (sulfide) groups is 1. The van der Waals surface area contributed by atoms with Gasteiger partial charge in [-0.05, 0) is 62.3 Å². The molecule has 184 valence electrons. The monoisotopic (exact) mass is 522 g/mol. The third-order valence-corrected chi connectivity index (χ3v) is 6.37. The van der Waals surface area contributed by atoms with E-state index >= 15 is 0 Å². The normalized spacial score (nSPS) is 13.4. The van der Waals surface area contributed by atoms with Gasteiger partial charge in [-0.25, -0.2) is 4.79 Å². The van der Waals surface area contributed by atoms with Crippen molar-refractivity contribution in [2.24, 2.45) is 5.92 Å². The van der Waals surface area contributed by atoms with Gasteiger partial charge in [0.15, 0.2) is 0 Å². The number of hydrogen-bond donors (Lipinski definition) is 0. The number of carbonyl (C=O) groups is 2. The van der Waals surface area contributed by atoms with Gasteiger partial charge in [-0.1, -0.05) is 61.4 Å². The minimum absolute atomic E-state index is 0. The van der Waals surface area contributed by atoms with E-state index in [0.717, 1.165) is 36.8 Å². The zero-order chi connectivity index (χ0) is 24.6. The Morgan fingerprint density at radius 3 is 2.29 bits per heavy atom. The molecule has 7 heteroatoms. The average molecular weight is 523 g/mol. The molecule has 0 saturated heterocycles. The van der Waals surface area contributed by atoms with E-state index in [-0.39, 0.29) is 57.4 Å². The Labute approximate surface area is 256 Å². The first-order valence-corrected chi connectivity index (χ1v) is 12.9. The van der Waals surface area contributed by atoms with Gasteiger partial charge in [0, 0.05) is 23.2 Å². The molecule has 3 rings (SSSR count). The molecule has 0 bridgehead atoms. The van der Waals surface area contributed by atoms with Crippen molar-refractivity contribution in [2.75, 3.05) is 19.0 Å². The fraction of sp³-hybridized carbons (Fsp3) is 0.429. The molecule has 0 aliphatic heterocycles.